The lowest BCUT2D eigenvalue weighted by Gasteiger charge is -2.18. The Morgan fingerprint density at radius 1 is 1.03 bits per heavy atom. The molecule has 5 rings (SSSR count). The average molecular weight is 550 g/mol. The first-order chi connectivity index (χ1) is 16.0. The number of hydrogen-bond donors (Lipinski definition) is 1. The summed E-state index contributed by atoms with van der Waals surface area (Å²) in [6.07, 6.45) is 3.12. The Labute approximate surface area is 202 Å². The van der Waals surface area contributed by atoms with Crippen LogP contribution in [0.25, 0.3) is 22.3 Å². The molecule has 2 N–H and O–H groups in total. The first-order valence-electron chi connectivity index (χ1n) is 10.2. The quantitative estimate of drug-likeness (QED) is 0.334. The monoisotopic (exact) mass is 550 g/mol. The predicted molar refractivity (Wildman–Crippen MR) is 134 cm³/mol. The van der Waals surface area contributed by atoms with E-state index in [-0.39, 0.29) is 18.1 Å². The zero-order valence-electron chi connectivity index (χ0n) is 17.6. The molecule has 0 radical (unpaired) electrons. The lowest BCUT2D eigenvalue weighted by molar-refractivity contribution is 0.560. The second-order valence-electron chi connectivity index (χ2n) is 7.50. The van der Waals surface area contributed by atoms with E-state index < -0.39 is 0 Å². The molecule has 33 heavy (non-hydrogen) atoms. The molecule has 4 aromatic heterocycles. The van der Waals surface area contributed by atoms with Gasteiger partial charge in [0.1, 0.15) is 15.8 Å². The van der Waals surface area contributed by atoms with Gasteiger partial charge >= 0.3 is 0 Å². The first-order valence-corrected chi connectivity index (χ1v) is 11.3. The Kier molecular flexibility index (Phi) is 5.58. The topological polar surface area (TPSA) is 117 Å². The highest BCUT2D eigenvalue weighted by atomic mass is 127. The van der Waals surface area contributed by atoms with E-state index in [2.05, 4.69) is 42.6 Å². The molecular formula is C23H19IN8O. The van der Waals surface area contributed by atoms with Crippen molar-refractivity contribution in [2.24, 2.45) is 0 Å². The van der Waals surface area contributed by atoms with Crippen LogP contribution in [0.2, 0.25) is 0 Å². The maximum atomic E-state index is 13.1. The summed E-state index contributed by atoms with van der Waals surface area (Å²) in [5, 5.41) is 10.1. The van der Waals surface area contributed by atoms with Crippen molar-refractivity contribution in [1.29, 1.82) is 0 Å². The number of nitrogen functional groups attached to an aromatic ring is 1. The van der Waals surface area contributed by atoms with Gasteiger partial charge in [0.2, 0.25) is 0 Å². The number of hydrogen-bond acceptors (Lipinski definition) is 7. The number of nitrogens with zero attached hydrogens (tertiary/aromatic N) is 7. The number of rotatable bonds is 5. The third-order valence-corrected chi connectivity index (χ3v) is 6.16. The minimum absolute atomic E-state index is 0.220. The summed E-state index contributed by atoms with van der Waals surface area (Å²) in [5.74, 6) is 0.370. The summed E-state index contributed by atoms with van der Waals surface area (Å²) in [6, 6.07) is 16.7. The molecule has 4 heterocycles. The van der Waals surface area contributed by atoms with Gasteiger partial charge in [-0.3, -0.25) is 9.78 Å². The van der Waals surface area contributed by atoms with Crippen LogP contribution >= 0.6 is 22.6 Å². The summed E-state index contributed by atoms with van der Waals surface area (Å²) >= 11 is 2.12. The van der Waals surface area contributed by atoms with E-state index in [1.807, 2.05) is 55.5 Å². The SMILES string of the molecule is CC(c1cc(=O)n(Cc2ccccn2)nc1-c1ccccc1)n1nc(I)c2c(N)ncnc21. The van der Waals surface area contributed by atoms with Crippen molar-refractivity contribution >= 4 is 39.4 Å². The van der Waals surface area contributed by atoms with Crippen LogP contribution in [0.15, 0.2) is 71.9 Å². The summed E-state index contributed by atoms with van der Waals surface area (Å²) in [6.45, 7) is 2.24. The minimum atomic E-state index is -0.328. The van der Waals surface area contributed by atoms with Crippen molar-refractivity contribution in [1.82, 2.24) is 34.5 Å². The lowest BCUT2D eigenvalue weighted by atomic mass is 10.0. The molecule has 0 aliphatic heterocycles. The standard InChI is InChI=1S/C23H19IN8O/c1-14(32-23-19(21(24)30-32)22(25)27-13-28-23)17-11-18(33)31(12-16-9-5-6-10-26-16)29-20(17)15-7-3-2-4-8-15/h2-11,13-14H,12H2,1H3,(H2,25,27,28). The fourth-order valence-electron chi connectivity index (χ4n) is 3.76. The van der Waals surface area contributed by atoms with Gasteiger partial charge in [0, 0.05) is 23.4 Å². The molecule has 0 aliphatic carbocycles. The van der Waals surface area contributed by atoms with E-state index in [4.69, 9.17) is 10.8 Å². The first kappa shape index (κ1) is 21.2. The van der Waals surface area contributed by atoms with E-state index in [1.165, 1.54) is 11.0 Å². The molecular weight excluding hydrogens is 531 g/mol. The van der Waals surface area contributed by atoms with Crippen LogP contribution in [0.3, 0.4) is 0 Å². The van der Waals surface area contributed by atoms with E-state index in [9.17, 15) is 4.79 Å². The zero-order valence-corrected chi connectivity index (χ0v) is 19.8. The van der Waals surface area contributed by atoms with E-state index in [0.717, 1.165) is 16.8 Å². The molecule has 0 bridgehead atoms. The summed E-state index contributed by atoms with van der Waals surface area (Å²) in [4.78, 5) is 25.9. The number of benzene rings is 1. The van der Waals surface area contributed by atoms with Crippen LogP contribution in [-0.4, -0.2) is 34.5 Å². The van der Waals surface area contributed by atoms with Crippen LogP contribution in [0.1, 0.15) is 24.2 Å². The van der Waals surface area contributed by atoms with Crippen molar-refractivity contribution in [3.05, 3.63) is 92.4 Å². The normalized spacial score (nSPS) is 12.2. The zero-order chi connectivity index (χ0) is 22.9. The molecule has 5 aromatic rings. The molecule has 1 atom stereocenters. The highest BCUT2D eigenvalue weighted by Crippen LogP contribution is 2.31. The number of anilines is 1. The van der Waals surface area contributed by atoms with Crippen LogP contribution < -0.4 is 11.3 Å². The van der Waals surface area contributed by atoms with Gasteiger partial charge in [0.05, 0.1) is 29.4 Å². The van der Waals surface area contributed by atoms with Gasteiger partial charge in [-0.15, -0.1) is 0 Å². The van der Waals surface area contributed by atoms with E-state index in [0.29, 0.717) is 26.2 Å². The largest absolute Gasteiger partial charge is 0.383 e. The fraction of sp³-hybridized carbons (Fsp3) is 0.130. The molecule has 0 aliphatic rings. The Hall–Kier alpha value is -3.67. The van der Waals surface area contributed by atoms with Crippen molar-refractivity contribution in [3.63, 3.8) is 0 Å². The van der Waals surface area contributed by atoms with Gasteiger partial charge in [-0.2, -0.15) is 10.2 Å². The van der Waals surface area contributed by atoms with Crippen LogP contribution in [0.5, 0.6) is 0 Å². The molecule has 10 heteroatoms. The molecule has 0 saturated carbocycles. The van der Waals surface area contributed by atoms with Crippen LogP contribution in [0.4, 0.5) is 5.82 Å². The van der Waals surface area contributed by atoms with Gasteiger partial charge in [0.15, 0.2) is 5.65 Å². The number of halogens is 1. The van der Waals surface area contributed by atoms with Crippen molar-refractivity contribution in [2.75, 3.05) is 5.73 Å². The maximum Gasteiger partial charge on any atom is 0.267 e. The highest BCUT2D eigenvalue weighted by Gasteiger charge is 2.23. The molecule has 164 valence electrons. The van der Waals surface area contributed by atoms with Crippen LogP contribution in [0, 0.1) is 3.70 Å². The molecule has 9 nitrogen and oxygen atoms in total. The average Bonchev–Trinajstić information content (AvgIpc) is 3.18. The van der Waals surface area contributed by atoms with Crippen molar-refractivity contribution in [3.8, 4) is 11.3 Å². The minimum Gasteiger partial charge on any atom is -0.383 e. The van der Waals surface area contributed by atoms with Gasteiger partial charge in [-0.1, -0.05) is 36.4 Å². The number of fused-ring (bicyclic) bond motifs is 1. The van der Waals surface area contributed by atoms with E-state index in [1.54, 1.807) is 16.9 Å². The molecule has 0 amide bonds. The second kappa shape index (κ2) is 8.70. The number of pyridine rings is 1. The molecule has 0 spiro atoms. The predicted octanol–water partition coefficient (Wildman–Crippen LogP) is 3.29. The second-order valence-corrected chi connectivity index (χ2v) is 8.52. The lowest BCUT2D eigenvalue weighted by Crippen LogP contribution is -2.26. The van der Waals surface area contributed by atoms with Gasteiger partial charge < -0.3 is 5.73 Å². The molecule has 0 fully saturated rings. The van der Waals surface area contributed by atoms with Crippen molar-refractivity contribution in [2.45, 2.75) is 19.5 Å². The van der Waals surface area contributed by atoms with E-state index >= 15 is 0 Å². The summed E-state index contributed by atoms with van der Waals surface area (Å²) < 4.78 is 3.90. The molecule has 1 unspecified atom stereocenters. The highest BCUT2D eigenvalue weighted by molar-refractivity contribution is 14.1. The van der Waals surface area contributed by atoms with Crippen LogP contribution in [-0.2, 0) is 6.54 Å². The summed E-state index contributed by atoms with van der Waals surface area (Å²) in [7, 11) is 0. The summed E-state index contributed by atoms with van der Waals surface area (Å²) in [5.41, 5.74) is 9.54. The van der Waals surface area contributed by atoms with Gasteiger partial charge in [0.25, 0.3) is 5.56 Å². The Morgan fingerprint density at radius 3 is 2.58 bits per heavy atom. The maximum absolute atomic E-state index is 13.1. The Bertz CT molecular complexity index is 1500. The Morgan fingerprint density at radius 2 is 1.82 bits per heavy atom. The third-order valence-electron chi connectivity index (χ3n) is 5.41. The Balaban J connectivity index is 1.68. The van der Waals surface area contributed by atoms with Gasteiger partial charge in [-0.25, -0.2) is 19.3 Å². The van der Waals surface area contributed by atoms with Gasteiger partial charge in [-0.05, 0) is 41.6 Å². The molecule has 1 aromatic carbocycles. The third kappa shape index (κ3) is 3.97. The fourth-order valence-corrected chi connectivity index (χ4v) is 4.51. The number of aromatic nitrogens is 7. The molecule has 0 saturated heterocycles. The van der Waals surface area contributed by atoms with Crippen molar-refractivity contribution < 1.29 is 0 Å². The smallest absolute Gasteiger partial charge is 0.267 e. The number of nitrogens with two attached hydrogens (primary N) is 1.